The molecule has 5 rings (SSSR count). The Bertz CT molecular complexity index is 1230. The molecule has 34 heavy (non-hydrogen) atoms. The third kappa shape index (κ3) is 4.38. The fourth-order valence-electron chi connectivity index (χ4n) is 4.50. The first kappa shape index (κ1) is 22.4. The molecule has 7 nitrogen and oxygen atoms in total. The Hall–Kier alpha value is -3.36. The molecule has 1 saturated heterocycles. The van der Waals surface area contributed by atoms with Crippen LogP contribution in [0.5, 0.6) is 11.5 Å². The van der Waals surface area contributed by atoms with E-state index in [9.17, 15) is 13.2 Å². The van der Waals surface area contributed by atoms with Gasteiger partial charge >= 0.3 is 0 Å². The van der Waals surface area contributed by atoms with E-state index in [-0.39, 0.29) is 23.4 Å². The lowest BCUT2D eigenvalue weighted by molar-refractivity contribution is -0.124. The van der Waals surface area contributed by atoms with Crippen molar-refractivity contribution < 1.29 is 22.7 Å². The second-order valence-corrected chi connectivity index (χ2v) is 10.2. The lowest BCUT2D eigenvalue weighted by Crippen LogP contribution is -2.47. The van der Waals surface area contributed by atoms with Crippen LogP contribution in [0.4, 0.5) is 0 Å². The van der Waals surface area contributed by atoms with Crippen LogP contribution in [0, 0.1) is 0 Å². The highest BCUT2D eigenvalue weighted by atomic mass is 32.2. The van der Waals surface area contributed by atoms with Crippen LogP contribution in [-0.4, -0.2) is 44.4 Å². The van der Waals surface area contributed by atoms with Crippen LogP contribution in [0.1, 0.15) is 30.0 Å². The summed E-state index contributed by atoms with van der Waals surface area (Å²) in [5, 5.41) is 3.11. The van der Waals surface area contributed by atoms with Crippen molar-refractivity contribution >= 4 is 15.9 Å². The molecule has 1 atom stereocenters. The molecule has 1 unspecified atom stereocenters. The summed E-state index contributed by atoms with van der Waals surface area (Å²) in [7, 11) is -3.89. The minimum Gasteiger partial charge on any atom is -0.486 e. The number of nitrogens with zero attached hydrogens (tertiary/aromatic N) is 1. The van der Waals surface area contributed by atoms with Crippen LogP contribution >= 0.6 is 0 Å². The number of sulfonamides is 1. The average Bonchev–Trinajstić information content (AvgIpc) is 3.39. The van der Waals surface area contributed by atoms with E-state index >= 15 is 0 Å². The van der Waals surface area contributed by atoms with Crippen LogP contribution in [0.2, 0.25) is 0 Å². The molecule has 1 fully saturated rings. The standard InChI is InChI=1S/C26H26N2O5S/c29-26(27-25(19-8-3-1-4-9-19)20-10-5-2-6-11-20)22-12-7-15-28(22)34(30,31)21-13-14-23-24(18-21)33-17-16-32-23/h1-6,8-11,13-14,18,22,25H,7,12,15-17H2,(H,27,29). The van der Waals surface area contributed by atoms with E-state index in [1.54, 1.807) is 6.07 Å². The molecule has 1 amide bonds. The normalized spacial score (nSPS) is 18.1. The quantitative estimate of drug-likeness (QED) is 0.586. The first-order valence-corrected chi connectivity index (χ1v) is 12.8. The van der Waals surface area contributed by atoms with Crippen molar-refractivity contribution in [2.75, 3.05) is 19.8 Å². The van der Waals surface area contributed by atoms with Crippen molar-refractivity contribution in [3.8, 4) is 11.5 Å². The molecule has 3 aromatic rings. The van der Waals surface area contributed by atoms with Crippen molar-refractivity contribution in [3.63, 3.8) is 0 Å². The monoisotopic (exact) mass is 478 g/mol. The highest BCUT2D eigenvalue weighted by Crippen LogP contribution is 2.35. The average molecular weight is 479 g/mol. The second-order valence-electron chi connectivity index (χ2n) is 8.34. The van der Waals surface area contributed by atoms with E-state index in [2.05, 4.69) is 5.32 Å². The van der Waals surface area contributed by atoms with Gasteiger partial charge in [0.1, 0.15) is 19.3 Å². The second kappa shape index (κ2) is 9.48. The summed E-state index contributed by atoms with van der Waals surface area (Å²) < 4.78 is 39.4. The smallest absolute Gasteiger partial charge is 0.243 e. The van der Waals surface area contributed by atoms with Gasteiger partial charge in [0.25, 0.3) is 0 Å². The van der Waals surface area contributed by atoms with Gasteiger partial charge in [0.2, 0.25) is 15.9 Å². The summed E-state index contributed by atoms with van der Waals surface area (Å²) >= 11 is 0. The summed E-state index contributed by atoms with van der Waals surface area (Å²) in [6.07, 6.45) is 1.08. The van der Waals surface area contributed by atoms with Crippen molar-refractivity contribution in [3.05, 3.63) is 90.0 Å². The highest BCUT2D eigenvalue weighted by Gasteiger charge is 2.40. The topological polar surface area (TPSA) is 84.9 Å². The molecule has 176 valence electrons. The molecule has 2 aliphatic rings. The summed E-state index contributed by atoms with van der Waals surface area (Å²) in [6, 6.07) is 22.8. The summed E-state index contributed by atoms with van der Waals surface area (Å²) in [5.41, 5.74) is 1.86. The molecule has 2 heterocycles. The molecule has 0 radical (unpaired) electrons. The molecule has 3 aromatic carbocycles. The van der Waals surface area contributed by atoms with Crippen molar-refractivity contribution in [2.45, 2.75) is 29.8 Å². The van der Waals surface area contributed by atoms with Crippen molar-refractivity contribution in [1.82, 2.24) is 9.62 Å². The third-order valence-electron chi connectivity index (χ3n) is 6.18. The zero-order valence-corrected chi connectivity index (χ0v) is 19.4. The van der Waals surface area contributed by atoms with Crippen molar-refractivity contribution in [2.24, 2.45) is 0 Å². The van der Waals surface area contributed by atoms with Gasteiger partial charge in [0, 0.05) is 12.6 Å². The van der Waals surface area contributed by atoms with Crippen molar-refractivity contribution in [1.29, 1.82) is 0 Å². The molecule has 1 N–H and O–H groups in total. The van der Waals surface area contributed by atoms with Crippen LogP contribution in [0.3, 0.4) is 0 Å². The zero-order valence-electron chi connectivity index (χ0n) is 18.6. The predicted molar refractivity (Wildman–Crippen MR) is 127 cm³/mol. The molecule has 8 heteroatoms. The van der Waals surface area contributed by atoms with Crippen LogP contribution in [-0.2, 0) is 14.8 Å². The van der Waals surface area contributed by atoms with E-state index in [1.807, 2.05) is 60.7 Å². The van der Waals surface area contributed by atoms with Gasteiger partial charge in [-0.3, -0.25) is 4.79 Å². The summed E-state index contributed by atoms with van der Waals surface area (Å²) in [4.78, 5) is 13.6. The van der Waals surface area contributed by atoms with E-state index in [0.29, 0.717) is 37.6 Å². The van der Waals surface area contributed by atoms with Gasteiger partial charge < -0.3 is 14.8 Å². The Morgan fingerprint density at radius 1 is 0.882 bits per heavy atom. The number of rotatable bonds is 6. The fraction of sp³-hybridized carbons (Fsp3) is 0.269. The largest absolute Gasteiger partial charge is 0.486 e. The maximum atomic E-state index is 13.5. The number of hydrogen-bond donors (Lipinski definition) is 1. The molecule has 0 aliphatic carbocycles. The number of nitrogens with one attached hydrogen (secondary N) is 1. The Balaban J connectivity index is 1.41. The van der Waals surface area contributed by atoms with Gasteiger partial charge in [-0.15, -0.1) is 0 Å². The maximum Gasteiger partial charge on any atom is 0.243 e. The molecule has 2 aliphatic heterocycles. The number of benzene rings is 3. The Morgan fingerprint density at radius 3 is 2.15 bits per heavy atom. The van der Waals surface area contributed by atoms with Crippen LogP contribution in [0.25, 0.3) is 0 Å². The van der Waals surface area contributed by atoms with Crippen LogP contribution in [0.15, 0.2) is 83.8 Å². The number of carbonyl (C=O) groups excluding carboxylic acids is 1. The SMILES string of the molecule is O=C(NC(c1ccccc1)c1ccccc1)C1CCCN1S(=O)(=O)c1ccc2c(c1)OCCO2. The minimum atomic E-state index is -3.89. The Labute approximate surface area is 199 Å². The first-order chi connectivity index (χ1) is 16.5. The predicted octanol–water partition coefficient (Wildman–Crippen LogP) is 3.52. The van der Waals surface area contributed by atoms with Crippen LogP contribution < -0.4 is 14.8 Å². The lowest BCUT2D eigenvalue weighted by atomic mass is 9.98. The number of fused-ring (bicyclic) bond motifs is 1. The molecular formula is C26H26N2O5S. The molecule has 0 aromatic heterocycles. The van der Waals surface area contributed by atoms with Gasteiger partial charge in [0.05, 0.1) is 10.9 Å². The van der Waals surface area contributed by atoms with E-state index in [1.165, 1.54) is 16.4 Å². The van der Waals surface area contributed by atoms with Gasteiger partial charge in [-0.2, -0.15) is 4.31 Å². The summed E-state index contributed by atoms with van der Waals surface area (Å²) in [6.45, 7) is 1.08. The minimum absolute atomic E-state index is 0.0964. The van der Waals surface area contributed by atoms with E-state index in [4.69, 9.17) is 9.47 Å². The number of amides is 1. The van der Waals surface area contributed by atoms with Gasteiger partial charge in [-0.05, 0) is 36.1 Å². The molecule has 0 saturated carbocycles. The number of hydrogen-bond acceptors (Lipinski definition) is 5. The summed E-state index contributed by atoms with van der Waals surface area (Å²) in [5.74, 6) is 0.617. The van der Waals surface area contributed by atoms with E-state index in [0.717, 1.165) is 11.1 Å². The maximum absolute atomic E-state index is 13.5. The first-order valence-electron chi connectivity index (χ1n) is 11.4. The number of carbonyl (C=O) groups is 1. The lowest BCUT2D eigenvalue weighted by Gasteiger charge is -2.27. The Morgan fingerprint density at radius 2 is 1.50 bits per heavy atom. The van der Waals surface area contributed by atoms with Gasteiger partial charge in [0.15, 0.2) is 11.5 Å². The highest BCUT2D eigenvalue weighted by molar-refractivity contribution is 7.89. The fourth-order valence-corrected chi connectivity index (χ4v) is 6.17. The van der Waals surface area contributed by atoms with E-state index < -0.39 is 16.1 Å². The molecule has 0 bridgehead atoms. The van der Waals surface area contributed by atoms with Gasteiger partial charge in [-0.25, -0.2) is 8.42 Å². The Kier molecular flexibility index (Phi) is 6.26. The van der Waals surface area contributed by atoms with Gasteiger partial charge in [-0.1, -0.05) is 60.7 Å². The molecular weight excluding hydrogens is 452 g/mol. The zero-order chi connectivity index (χ0) is 23.5. The molecule has 0 spiro atoms. The third-order valence-corrected chi connectivity index (χ3v) is 8.08. The number of ether oxygens (including phenoxy) is 2.